The van der Waals surface area contributed by atoms with Crippen LogP contribution in [-0.4, -0.2) is 68.5 Å². The van der Waals surface area contributed by atoms with Crippen molar-refractivity contribution in [3.63, 3.8) is 0 Å². The summed E-state index contributed by atoms with van der Waals surface area (Å²) in [5.74, 6) is 0.0457. The average Bonchev–Trinajstić information content (AvgIpc) is 3.65. The van der Waals surface area contributed by atoms with Crippen molar-refractivity contribution in [3.8, 4) is 11.5 Å². The summed E-state index contributed by atoms with van der Waals surface area (Å²) in [6.07, 6.45) is -4.13. The van der Waals surface area contributed by atoms with Crippen molar-refractivity contribution in [2.75, 3.05) is 41.0 Å². The van der Waals surface area contributed by atoms with E-state index >= 15 is 0 Å². The van der Waals surface area contributed by atoms with Gasteiger partial charge in [0.15, 0.2) is 0 Å². The van der Waals surface area contributed by atoms with E-state index in [1.54, 1.807) is 18.2 Å². The number of hydrogen-bond donors (Lipinski definition) is 0. The molecular weight excluding hydrogens is 547 g/mol. The van der Waals surface area contributed by atoms with Crippen molar-refractivity contribution in [3.05, 3.63) is 81.5 Å². The van der Waals surface area contributed by atoms with Gasteiger partial charge in [0, 0.05) is 31.2 Å². The first-order valence-electron chi connectivity index (χ1n) is 12.3. The molecule has 212 valence electrons. The minimum Gasteiger partial charge on any atom is -0.497 e. The second kappa shape index (κ2) is 12.5. The van der Waals surface area contributed by atoms with E-state index in [0.717, 1.165) is 29.1 Å². The molecule has 8 nitrogen and oxygen atoms in total. The zero-order valence-corrected chi connectivity index (χ0v) is 22.9. The number of thiophene rings is 1. The molecule has 0 saturated carbocycles. The van der Waals surface area contributed by atoms with E-state index in [2.05, 4.69) is 5.10 Å². The summed E-state index contributed by atoms with van der Waals surface area (Å²) in [7, 11) is 4.52. The summed E-state index contributed by atoms with van der Waals surface area (Å²) in [6.45, 7) is -0.200. The molecule has 0 bridgehead atoms. The van der Waals surface area contributed by atoms with Crippen LogP contribution in [0, 0.1) is 0 Å². The van der Waals surface area contributed by atoms with Gasteiger partial charge in [-0.15, -0.1) is 11.3 Å². The Morgan fingerprint density at radius 3 is 2.42 bits per heavy atom. The van der Waals surface area contributed by atoms with Crippen LogP contribution < -0.4 is 9.47 Å². The molecule has 4 rings (SSSR count). The van der Waals surface area contributed by atoms with E-state index in [1.807, 2.05) is 17.5 Å². The van der Waals surface area contributed by atoms with Gasteiger partial charge >= 0.3 is 6.18 Å². The van der Waals surface area contributed by atoms with E-state index in [0.29, 0.717) is 29.2 Å². The molecule has 3 aromatic rings. The highest BCUT2D eigenvalue weighted by Crippen LogP contribution is 2.40. The Morgan fingerprint density at radius 1 is 1.07 bits per heavy atom. The molecule has 1 atom stereocenters. The Hall–Kier alpha value is -3.90. The maximum atomic E-state index is 13.8. The van der Waals surface area contributed by atoms with Gasteiger partial charge in [-0.3, -0.25) is 9.59 Å². The Kier molecular flexibility index (Phi) is 9.10. The Labute approximate surface area is 233 Å². The highest BCUT2D eigenvalue weighted by Gasteiger charge is 2.37. The topological polar surface area (TPSA) is 80.7 Å². The summed E-state index contributed by atoms with van der Waals surface area (Å²) in [5.41, 5.74) is 0.539. The van der Waals surface area contributed by atoms with Crippen LogP contribution in [0.4, 0.5) is 13.2 Å². The lowest BCUT2D eigenvalue weighted by atomic mass is 9.99. The van der Waals surface area contributed by atoms with Crippen molar-refractivity contribution in [1.29, 1.82) is 0 Å². The lowest BCUT2D eigenvalue weighted by Crippen LogP contribution is -2.42. The lowest BCUT2D eigenvalue weighted by Gasteiger charge is -2.28. The number of amides is 2. The Balaban J connectivity index is 1.64. The van der Waals surface area contributed by atoms with Gasteiger partial charge in [-0.1, -0.05) is 6.07 Å². The molecule has 1 aromatic heterocycles. The molecule has 0 saturated heterocycles. The summed E-state index contributed by atoms with van der Waals surface area (Å²) in [4.78, 5) is 29.2. The minimum absolute atomic E-state index is 0.0205. The van der Waals surface area contributed by atoms with Gasteiger partial charge < -0.3 is 19.1 Å². The van der Waals surface area contributed by atoms with Crippen molar-refractivity contribution < 1.29 is 37.0 Å². The zero-order chi connectivity index (χ0) is 28.9. The highest BCUT2D eigenvalue weighted by molar-refractivity contribution is 7.12. The summed E-state index contributed by atoms with van der Waals surface area (Å²) in [5, 5.41) is 7.90. The summed E-state index contributed by atoms with van der Waals surface area (Å²) < 4.78 is 55.1. The molecular formula is C28H28F3N3O5S. The number of carbonyl (C=O) groups excluding carboxylic acids is 2. The number of halogens is 3. The Morgan fingerprint density at radius 2 is 1.82 bits per heavy atom. The molecule has 2 aromatic carbocycles. The molecule has 0 N–H and O–H groups in total. The number of hydrazone groups is 1. The number of benzene rings is 2. The number of hydrogen-bond acceptors (Lipinski definition) is 7. The smallest absolute Gasteiger partial charge is 0.416 e. The van der Waals surface area contributed by atoms with Gasteiger partial charge in [-0.25, -0.2) is 5.01 Å². The fraction of sp³-hybridized carbons (Fsp3) is 0.321. The molecule has 0 radical (unpaired) electrons. The van der Waals surface area contributed by atoms with Gasteiger partial charge in [0.25, 0.3) is 11.8 Å². The Bertz CT molecular complexity index is 1360. The van der Waals surface area contributed by atoms with Crippen molar-refractivity contribution in [2.45, 2.75) is 18.6 Å². The van der Waals surface area contributed by atoms with E-state index in [4.69, 9.17) is 14.2 Å². The number of rotatable bonds is 10. The van der Waals surface area contributed by atoms with E-state index < -0.39 is 29.6 Å². The number of carbonyl (C=O) groups is 2. The molecule has 2 amide bonds. The highest BCUT2D eigenvalue weighted by atomic mass is 32.1. The SMILES string of the molecule is COCCN(CC(=O)N1N=C(c2cccs2)C[C@@H]1c1cc(OC)ccc1OC)C(=O)c1ccc(C(F)(F)F)cc1. The normalized spacial score (nSPS) is 15.1. The molecule has 1 aliphatic heterocycles. The van der Waals surface area contributed by atoms with Crippen LogP contribution in [0.25, 0.3) is 0 Å². The van der Waals surface area contributed by atoms with Crippen LogP contribution in [0.3, 0.4) is 0 Å². The van der Waals surface area contributed by atoms with E-state index in [1.165, 1.54) is 42.6 Å². The first kappa shape index (κ1) is 29.1. The quantitative estimate of drug-likeness (QED) is 0.330. The van der Waals surface area contributed by atoms with Crippen LogP contribution in [-0.2, 0) is 15.7 Å². The first-order valence-corrected chi connectivity index (χ1v) is 13.1. The average molecular weight is 576 g/mol. The molecule has 2 heterocycles. The third kappa shape index (κ3) is 6.45. The fourth-order valence-electron chi connectivity index (χ4n) is 4.35. The predicted molar refractivity (Wildman–Crippen MR) is 144 cm³/mol. The fourth-order valence-corrected chi connectivity index (χ4v) is 5.07. The van der Waals surface area contributed by atoms with E-state index in [9.17, 15) is 22.8 Å². The molecule has 12 heteroatoms. The third-order valence-electron chi connectivity index (χ3n) is 6.41. The van der Waals surface area contributed by atoms with E-state index in [-0.39, 0.29) is 25.3 Å². The van der Waals surface area contributed by atoms with Gasteiger partial charge in [0.05, 0.1) is 43.0 Å². The molecule has 0 unspecified atom stereocenters. The van der Waals surface area contributed by atoms with Gasteiger partial charge in [0.2, 0.25) is 0 Å². The van der Waals surface area contributed by atoms with Gasteiger partial charge in [-0.05, 0) is 53.9 Å². The van der Waals surface area contributed by atoms with Gasteiger partial charge in [0.1, 0.15) is 18.0 Å². The standard InChI is InChI=1S/C28H28F3N3O5S/c1-37-13-12-33(27(36)18-6-8-19(9-7-18)28(29,30)31)17-26(35)34-23(16-22(32-34)25-5-4-14-40-25)21-15-20(38-2)10-11-24(21)39-3/h4-11,14-15,23H,12-13,16-17H2,1-3H3/t23-/m1/s1. The van der Waals surface area contributed by atoms with Crippen molar-refractivity contribution >= 4 is 28.9 Å². The number of ether oxygens (including phenoxy) is 3. The van der Waals surface area contributed by atoms with Crippen molar-refractivity contribution in [2.24, 2.45) is 5.10 Å². The molecule has 0 fully saturated rings. The second-order valence-corrected chi connectivity index (χ2v) is 9.83. The molecule has 0 aliphatic carbocycles. The second-order valence-electron chi connectivity index (χ2n) is 8.88. The lowest BCUT2D eigenvalue weighted by molar-refractivity contribution is -0.137. The third-order valence-corrected chi connectivity index (χ3v) is 7.32. The van der Waals surface area contributed by atoms with Crippen LogP contribution in [0.2, 0.25) is 0 Å². The first-order chi connectivity index (χ1) is 19.2. The van der Waals surface area contributed by atoms with Crippen LogP contribution in [0.15, 0.2) is 65.1 Å². The predicted octanol–water partition coefficient (Wildman–Crippen LogP) is 5.25. The van der Waals surface area contributed by atoms with Crippen LogP contribution in [0.1, 0.15) is 38.8 Å². The number of methoxy groups -OCH3 is 3. The van der Waals surface area contributed by atoms with Crippen LogP contribution in [0.5, 0.6) is 11.5 Å². The van der Waals surface area contributed by atoms with Gasteiger partial charge in [-0.2, -0.15) is 18.3 Å². The maximum absolute atomic E-state index is 13.8. The molecule has 0 spiro atoms. The monoisotopic (exact) mass is 575 g/mol. The van der Waals surface area contributed by atoms with Crippen molar-refractivity contribution in [1.82, 2.24) is 9.91 Å². The molecule has 40 heavy (non-hydrogen) atoms. The zero-order valence-electron chi connectivity index (χ0n) is 22.1. The maximum Gasteiger partial charge on any atom is 0.416 e. The number of alkyl halides is 3. The minimum atomic E-state index is -4.53. The molecule has 1 aliphatic rings. The van der Waals surface area contributed by atoms with Crippen LogP contribution >= 0.6 is 11.3 Å². The summed E-state index contributed by atoms with van der Waals surface area (Å²) in [6, 6.07) is 12.4. The number of nitrogens with zero attached hydrogens (tertiary/aromatic N) is 3. The largest absolute Gasteiger partial charge is 0.497 e. The summed E-state index contributed by atoms with van der Waals surface area (Å²) >= 11 is 1.49.